The number of benzene rings is 2. The lowest BCUT2D eigenvalue weighted by atomic mass is 9.82. The van der Waals surface area contributed by atoms with Gasteiger partial charge in [-0.1, -0.05) is 24.3 Å². The van der Waals surface area contributed by atoms with Gasteiger partial charge in [-0.25, -0.2) is 0 Å². The molecule has 0 spiro atoms. The number of hydrogen-bond donors (Lipinski definition) is 2. The van der Waals surface area contributed by atoms with Crippen molar-refractivity contribution in [3.05, 3.63) is 64.6 Å². The fraction of sp³-hybridized carbons (Fsp3) is 0.393. The van der Waals surface area contributed by atoms with Crippen LogP contribution in [0.25, 0.3) is 21.9 Å². The van der Waals surface area contributed by atoms with Crippen LogP contribution < -0.4 is 16.0 Å². The number of hydrogen-bond acceptors (Lipinski definition) is 4. The first-order valence-electron chi connectivity index (χ1n) is 12.3. The molecule has 2 aromatic carbocycles. The highest BCUT2D eigenvalue weighted by Gasteiger charge is 2.55. The van der Waals surface area contributed by atoms with Crippen molar-refractivity contribution in [2.24, 2.45) is 17.1 Å². The fourth-order valence-electron chi connectivity index (χ4n) is 5.54. The molecular formula is C28H31N3O4. The Morgan fingerprint density at radius 3 is 2.63 bits per heavy atom. The van der Waals surface area contributed by atoms with Gasteiger partial charge in [-0.3, -0.25) is 14.4 Å². The number of fused-ring (bicyclic) bond motifs is 1. The molecule has 0 radical (unpaired) electrons. The summed E-state index contributed by atoms with van der Waals surface area (Å²) in [6.45, 7) is 4.95. The van der Waals surface area contributed by atoms with Crippen LogP contribution in [0, 0.1) is 18.3 Å². The monoisotopic (exact) mass is 473 g/mol. The number of aromatic nitrogens is 1. The summed E-state index contributed by atoms with van der Waals surface area (Å²) in [5.41, 5.74) is 8.13. The number of carbonyl (C=O) groups excluding carboxylic acids is 2. The van der Waals surface area contributed by atoms with Crippen molar-refractivity contribution in [1.82, 2.24) is 9.88 Å². The Morgan fingerprint density at radius 2 is 1.91 bits per heavy atom. The van der Waals surface area contributed by atoms with E-state index in [-0.39, 0.29) is 23.3 Å². The normalized spacial score (nSPS) is 19.8. The van der Waals surface area contributed by atoms with Crippen molar-refractivity contribution < 1.29 is 14.3 Å². The lowest BCUT2D eigenvalue weighted by Gasteiger charge is -2.37. The van der Waals surface area contributed by atoms with Crippen LogP contribution in [0.2, 0.25) is 0 Å². The Bertz CT molecular complexity index is 1360. The molecule has 1 aromatic heterocycles. The van der Waals surface area contributed by atoms with Crippen LogP contribution in [0.15, 0.2) is 53.5 Å². The molecule has 5 rings (SSSR count). The summed E-state index contributed by atoms with van der Waals surface area (Å²) in [5, 5.41) is 1.34. The molecule has 35 heavy (non-hydrogen) atoms. The molecule has 0 bridgehead atoms. The molecule has 7 heteroatoms. The highest BCUT2D eigenvalue weighted by Crippen LogP contribution is 2.54. The Hall–Kier alpha value is -3.61. The van der Waals surface area contributed by atoms with E-state index in [1.807, 2.05) is 37.3 Å². The topological polar surface area (TPSA) is 105 Å². The van der Waals surface area contributed by atoms with Crippen molar-refractivity contribution in [1.29, 1.82) is 0 Å². The number of ether oxygens (including phenoxy) is 1. The SMILES string of the molecule is Cc1ccccc1-c1c[nH]c(=O)c2cc(O[C@H](C)C(=O)N3CCC[C@H](C4(C(N)=O)CC4)C3)ccc12. The maximum atomic E-state index is 13.2. The summed E-state index contributed by atoms with van der Waals surface area (Å²) in [5.74, 6) is 0.226. The number of aromatic amines is 1. The minimum atomic E-state index is -0.714. The van der Waals surface area contributed by atoms with Crippen LogP contribution in [-0.4, -0.2) is 40.9 Å². The molecule has 7 nitrogen and oxygen atoms in total. The van der Waals surface area contributed by atoms with Crippen molar-refractivity contribution in [2.45, 2.75) is 45.6 Å². The minimum Gasteiger partial charge on any atom is -0.481 e. The molecule has 2 aliphatic rings. The van der Waals surface area contributed by atoms with Crippen LogP contribution in [0.5, 0.6) is 5.75 Å². The first-order chi connectivity index (χ1) is 16.8. The Morgan fingerprint density at radius 1 is 1.14 bits per heavy atom. The van der Waals surface area contributed by atoms with E-state index in [9.17, 15) is 14.4 Å². The fourth-order valence-corrected chi connectivity index (χ4v) is 5.54. The van der Waals surface area contributed by atoms with Gasteiger partial charge in [-0.05, 0) is 80.2 Å². The minimum absolute atomic E-state index is 0.113. The van der Waals surface area contributed by atoms with E-state index in [1.54, 1.807) is 30.2 Å². The van der Waals surface area contributed by atoms with Gasteiger partial charge in [0.1, 0.15) is 5.75 Å². The first-order valence-corrected chi connectivity index (χ1v) is 12.3. The van der Waals surface area contributed by atoms with Crippen molar-refractivity contribution in [3.63, 3.8) is 0 Å². The number of likely N-dealkylation sites (tertiary alicyclic amines) is 1. The summed E-state index contributed by atoms with van der Waals surface area (Å²) in [4.78, 5) is 42.4. The van der Waals surface area contributed by atoms with Crippen LogP contribution >= 0.6 is 0 Å². The molecule has 3 N–H and O–H groups in total. The first kappa shape index (κ1) is 23.1. The van der Waals surface area contributed by atoms with Gasteiger partial charge in [0.25, 0.3) is 11.5 Å². The third kappa shape index (κ3) is 4.20. The predicted octanol–water partition coefficient (Wildman–Crippen LogP) is 3.77. The number of nitrogens with two attached hydrogens (primary N) is 1. The summed E-state index contributed by atoms with van der Waals surface area (Å²) < 4.78 is 6.01. The number of piperidine rings is 1. The molecule has 182 valence electrons. The number of carbonyl (C=O) groups is 2. The van der Waals surface area contributed by atoms with Crippen LogP contribution in [0.3, 0.4) is 0 Å². The zero-order valence-electron chi connectivity index (χ0n) is 20.2. The molecular weight excluding hydrogens is 442 g/mol. The number of amides is 2. The van der Waals surface area contributed by atoms with Crippen LogP contribution in [0.4, 0.5) is 0 Å². The van der Waals surface area contributed by atoms with Gasteiger partial charge in [0.05, 0.1) is 10.8 Å². The number of pyridine rings is 1. The van der Waals surface area contributed by atoms with E-state index in [0.29, 0.717) is 24.2 Å². The number of aryl methyl sites for hydroxylation is 1. The molecule has 2 atom stereocenters. The van der Waals surface area contributed by atoms with Crippen LogP contribution in [-0.2, 0) is 9.59 Å². The molecule has 0 unspecified atom stereocenters. The highest BCUT2D eigenvalue weighted by molar-refractivity contribution is 5.97. The standard InChI is InChI=1S/C28H31N3O4/c1-17-6-3-4-8-21(17)24-15-30-25(32)23-14-20(9-10-22(23)24)35-18(2)26(33)31-13-5-7-19(16-31)28(11-12-28)27(29)34/h3-4,6,8-10,14-15,18-19H,5,7,11-13,16H2,1-2H3,(H2,29,34)(H,30,32)/t18-,19+/m1/s1. The Kier molecular flexibility index (Phi) is 5.87. The maximum Gasteiger partial charge on any atom is 0.263 e. The Balaban J connectivity index is 1.35. The average Bonchev–Trinajstić information content (AvgIpc) is 3.67. The molecule has 2 fully saturated rings. The molecule has 3 aromatic rings. The second kappa shape index (κ2) is 8.87. The van der Waals surface area contributed by atoms with Crippen molar-refractivity contribution >= 4 is 22.6 Å². The molecule has 2 heterocycles. The average molecular weight is 474 g/mol. The van der Waals surface area contributed by atoms with Gasteiger partial charge >= 0.3 is 0 Å². The van der Waals surface area contributed by atoms with Gasteiger partial charge in [0.2, 0.25) is 5.91 Å². The summed E-state index contributed by atoms with van der Waals surface area (Å²) >= 11 is 0. The molecule has 1 saturated carbocycles. The van der Waals surface area contributed by atoms with Gasteiger partial charge in [0.15, 0.2) is 6.10 Å². The summed E-state index contributed by atoms with van der Waals surface area (Å²) in [7, 11) is 0. The van der Waals surface area contributed by atoms with E-state index >= 15 is 0 Å². The molecule has 1 aliphatic carbocycles. The molecule has 2 amide bonds. The predicted molar refractivity (Wildman–Crippen MR) is 135 cm³/mol. The number of primary amides is 1. The maximum absolute atomic E-state index is 13.2. The largest absolute Gasteiger partial charge is 0.481 e. The third-order valence-electron chi connectivity index (χ3n) is 7.76. The highest BCUT2D eigenvalue weighted by atomic mass is 16.5. The molecule has 1 aliphatic heterocycles. The van der Waals surface area contributed by atoms with Crippen LogP contribution in [0.1, 0.15) is 38.2 Å². The summed E-state index contributed by atoms with van der Waals surface area (Å²) in [6.07, 6.45) is 4.43. The van der Waals surface area contributed by atoms with Gasteiger partial charge in [-0.15, -0.1) is 0 Å². The summed E-state index contributed by atoms with van der Waals surface area (Å²) in [6, 6.07) is 13.4. The quantitative estimate of drug-likeness (QED) is 0.568. The van der Waals surface area contributed by atoms with E-state index in [4.69, 9.17) is 10.5 Å². The van der Waals surface area contributed by atoms with Gasteiger partial charge in [-0.2, -0.15) is 0 Å². The number of rotatable bonds is 6. The number of nitrogens with zero attached hydrogens (tertiary/aromatic N) is 1. The number of H-pyrrole nitrogens is 1. The van der Waals surface area contributed by atoms with E-state index in [0.717, 1.165) is 47.8 Å². The lowest BCUT2D eigenvalue weighted by Crippen LogP contribution is -2.49. The lowest BCUT2D eigenvalue weighted by molar-refractivity contribution is -0.141. The zero-order chi connectivity index (χ0) is 24.7. The molecule has 1 saturated heterocycles. The number of nitrogens with one attached hydrogen (secondary N) is 1. The van der Waals surface area contributed by atoms with E-state index in [1.165, 1.54) is 0 Å². The zero-order valence-corrected chi connectivity index (χ0v) is 20.2. The third-order valence-corrected chi connectivity index (χ3v) is 7.76. The van der Waals surface area contributed by atoms with Crippen molar-refractivity contribution in [3.8, 4) is 16.9 Å². The van der Waals surface area contributed by atoms with Crippen molar-refractivity contribution in [2.75, 3.05) is 13.1 Å². The smallest absolute Gasteiger partial charge is 0.263 e. The Labute approximate surface area is 204 Å². The van der Waals surface area contributed by atoms with E-state index < -0.39 is 11.5 Å². The second-order valence-corrected chi connectivity index (χ2v) is 9.96. The van der Waals surface area contributed by atoms with Gasteiger partial charge in [0, 0.05) is 24.8 Å². The van der Waals surface area contributed by atoms with E-state index in [2.05, 4.69) is 4.98 Å². The second-order valence-electron chi connectivity index (χ2n) is 9.96. The van der Waals surface area contributed by atoms with Gasteiger partial charge < -0.3 is 20.4 Å².